The van der Waals surface area contributed by atoms with Gasteiger partial charge in [0.1, 0.15) is 5.82 Å². The van der Waals surface area contributed by atoms with Crippen LogP contribution in [-0.4, -0.2) is 16.5 Å². The van der Waals surface area contributed by atoms with Crippen LogP contribution in [0.1, 0.15) is 27.8 Å². The zero-order valence-corrected chi connectivity index (χ0v) is 12.7. The maximum atomic E-state index is 13.3. The van der Waals surface area contributed by atoms with Gasteiger partial charge in [-0.3, -0.25) is 0 Å². The molecule has 1 heterocycles. The van der Waals surface area contributed by atoms with Gasteiger partial charge in [-0.25, -0.2) is 14.4 Å². The van der Waals surface area contributed by atoms with E-state index < -0.39 is 0 Å². The minimum atomic E-state index is -0.251. The van der Waals surface area contributed by atoms with Crippen LogP contribution >= 0.6 is 11.8 Å². The first-order valence-corrected chi connectivity index (χ1v) is 7.33. The van der Waals surface area contributed by atoms with Gasteiger partial charge >= 0.3 is 0 Å². The van der Waals surface area contributed by atoms with Crippen molar-refractivity contribution in [3.8, 4) is 0 Å². The molecule has 0 aliphatic carbocycles. The molecule has 2 N–H and O–H groups in total. The number of nitrogens with zero attached hydrogens (tertiary/aromatic N) is 2. The summed E-state index contributed by atoms with van der Waals surface area (Å²) in [6.45, 7) is 6.34. The first-order chi connectivity index (χ1) is 9.51. The average Bonchev–Trinajstić information content (AvgIpc) is 2.42. The summed E-state index contributed by atoms with van der Waals surface area (Å²) >= 11 is 1.47. The number of aryl methyl sites for hydroxylation is 2. The monoisotopic (exact) mass is 291 g/mol. The third kappa shape index (κ3) is 3.35. The van der Waals surface area contributed by atoms with Crippen molar-refractivity contribution in [2.45, 2.75) is 31.2 Å². The van der Waals surface area contributed by atoms with Gasteiger partial charge in [-0.15, -0.1) is 0 Å². The second kappa shape index (κ2) is 6.33. The number of rotatable bonds is 4. The highest BCUT2D eigenvalue weighted by molar-refractivity contribution is 7.99. The molecule has 0 aliphatic heterocycles. The lowest BCUT2D eigenvalue weighted by atomic mass is 10.1. The van der Waals surface area contributed by atoms with Crippen LogP contribution in [0.15, 0.2) is 29.4 Å². The van der Waals surface area contributed by atoms with Crippen LogP contribution in [0, 0.1) is 26.6 Å². The summed E-state index contributed by atoms with van der Waals surface area (Å²) < 4.78 is 13.3. The number of halogens is 1. The molecule has 0 radical (unpaired) electrons. The zero-order valence-electron chi connectivity index (χ0n) is 11.9. The Labute approximate surface area is 122 Å². The highest BCUT2D eigenvalue weighted by atomic mass is 32.2. The molecule has 0 aliphatic rings. The Balaban J connectivity index is 2.27. The molecule has 5 heteroatoms. The molecular weight excluding hydrogens is 273 g/mol. The van der Waals surface area contributed by atoms with E-state index in [2.05, 4.69) is 9.97 Å². The minimum absolute atomic E-state index is 0.0489. The lowest BCUT2D eigenvalue weighted by Gasteiger charge is -2.15. The number of aromatic nitrogens is 2. The van der Waals surface area contributed by atoms with Crippen molar-refractivity contribution in [2.75, 3.05) is 6.54 Å². The Bertz CT molecular complexity index is 593. The fraction of sp³-hybridized carbons (Fsp3) is 0.333. The third-order valence-corrected chi connectivity index (χ3v) is 4.44. The first-order valence-electron chi connectivity index (χ1n) is 6.45. The van der Waals surface area contributed by atoms with E-state index >= 15 is 0 Å². The van der Waals surface area contributed by atoms with Crippen molar-refractivity contribution in [2.24, 2.45) is 5.73 Å². The van der Waals surface area contributed by atoms with Crippen LogP contribution < -0.4 is 5.73 Å². The Morgan fingerprint density at radius 3 is 2.40 bits per heavy atom. The smallest absolute Gasteiger partial charge is 0.188 e. The molecule has 0 saturated heterocycles. The molecule has 0 spiro atoms. The number of thioether (sulfide) groups is 1. The van der Waals surface area contributed by atoms with Crippen LogP contribution in [0.4, 0.5) is 4.39 Å². The zero-order chi connectivity index (χ0) is 14.7. The summed E-state index contributed by atoms with van der Waals surface area (Å²) in [6, 6.07) is 6.51. The molecule has 2 aromatic rings. The van der Waals surface area contributed by atoms with Gasteiger partial charge in [0.05, 0.1) is 0 Å². The molecule has 20 heavy (non-hydrogen) atoms. The SMILES string of the molecule is Cc1nc(SC(CN)c2cccc(F)c2)nc(C)c1C. The maximum absolute atomic E-state index is 13.3. The van der Waals surface area contributed by atoms with Gasteiger partial charge in [0.25, 0.3) is 0 Å². The van der Waals surface area contributed by atoms with Crippen LogP contribution in [0.5, 0.6) is 0 Å². The van der Waals surface area contributed by atoms with Crippen molar-refractivity contribution >= 4 is 11.8 Å². The highest BCUT2D eigenvalue weighted by Crippen LogP contribution is 2.33. The lowest BCUT2D eigenvalue weighted by Crippen LogP contribution is -2.10. The van der Waals surface area contributed by atoms with Crippen LogP contribution in [0.2, 0.25) is 0 Å². The Hall–Kier alpha value is -1.46. The Morgan fingerprint density at radius 2 is 1.85 bits per heavy atom. The van der Waals surface area contributed by atoms with Gasteiger partial charge in [-0.05, 0) is 44.0 Å². The second-order valence-electron chi connectivity index (χ2n) is 4.70. The van der Waals surface area contributed by atoms with Crippen molar-refractivity contribution < 1.29 is 4.39 Å². The molecule has 1 aromatic carbocycles. The van der Waals surface area contributed by atoms with Gasteiger partial charge in [0, 0.05) is 23.2 Å². The molecule has 2 rings (SSSR count). The molecule has 1 unspecified atom stereocenters. The number of nitrogens with two attached hydrogens (primary N) is 1. The highest BCUT2D eigenvalue weighted by Gasteiger charge is 2.15. The normalized spacial score (nSPS) is 12.4. The van der Waals surface area contributed by atoms with Crippen LogP contribution in [-0.2, 0) is 0 Å². The minimum Gasteiger partial charge on any atom is -0.329 e. The summed E-state index contributed by atoms with van der Waals surface area (Å²) in [6.07, 6.45) is 0. The molecule has 1 atom stereocenters. The molecule has 0 bridgehead atoms. The molecule has 0 amide bonds. The van der Waals surface area contributed by atoms with E-state index in [0.29, 0.717) is 11.7 Å². The standard InChI is InChI=1S/C15H18FN3S/c1-9-10(2)18-15(19-11(9)3)20-14(8-17)12-5-4-6-13(16)7-12/h4-7,14H,8,17H2,1-3H3. The Kier molecular flexibility index (Phi) is 4.73. The van der Waals surface area contributed by atoms with Crippen molar-refractivity contribution in [3.63, 3.8) is 0 Å². The molecule has 106 valence electrons. The summed E-state index contributed by atoms with van der Waals surface area (Å²) in [7, 11) is 0. The van der Waals surface area contributed by atoms with E-state index in [9.17, 15) is 4.39 Å². The summed E-state index contributed by atoms with van der Waals surface area (Å²) in [5.74, 6) is -0.251. The molecular formula is C15H18FN3S. The Morgan fingerprint density at radius 1 is 1.20 bits per heavy atom. The van der Waals surface area contributed by atoms with E-state index in [-0.39, 0.29) is 11.1 Å². The summed E-state index contributed by atoms with van der Waals surface area (Å²) in [5, 5.41) is 0.637. The van der Waals surface area contributed by atoms with Gasteiger partial charge in [0.15, 0.2) is 5.16 Å². The predicted molar refractivity (Wildman–Crippen MR) is 80.3 cm³/mol. The van der Waals surface area contributed by atoms with E-state index in [1.807, 2.05) is 26.8 Å². The maximum Gasteiger partial charge on any atom is 0.188 e. The average molecular weight is 291 g/mol. The van der Waals surface area contributed by atoms with E-state index in [1.54, 1.807) is 6.07 Å². The molecule has 1 aromatic heterocycles. The predicted octanol–water partition coefficient (Wildman–Crippen LogP) is 3.33. The fourth-order valence-corrected chi connectivity index (χ4v) is 2.89. The van der Waals surface area contributed by atoms with Crippen molar-refractivity contribution in [3.05, 3.63) is 52.6 Å². The number of hydrogen-bond acceptors (Lipinski definition) is 4. The number of benzene rings is 1. The summed E-state index contributed by atoms with van der Waals surface area (Å²) in [4.78, 5) is 8.94. The van der Waals surface area contributed by atoms with Crippen molar-refractivity contribution in [1.82, 2.24) is 9.97 Å². The lowest BCUT2D eigenvalue weighted by molar-refractivity contribution is 0.625. The van der Waals surface area contributed by atoms with Gasteiger partial charge in [-0.1, -0.05) is 23.9 Å². The molecule has 0 saturated carbocycles. The topological polar surface area (TPSA) is 51.8 Å². The molecule has 3 nitrogen and oxygen atoms in total. The largest absolute Gasteiger partial charge is 0.329 e. The van der Waals surface area contributed by atoms with Gasteiger partial charge in [0.2, 0.25) is 0 Å². The second-order valence-corrected chi connectivity index (χ2v) is 5.87. The van der Waals surface area contributed by atoms with E-state index in [1.165, 1.54) is 23.9 Å². The first kappa shape index (κ1) is 14.9. The van der Waals surface area contributed by atoms with Gasteiger partial charge < -0.3 is 5.73 Å². The van der Waals surface area contributed by atoms with Crippen LogP contribution in [0.25, 0.3) is 0 Å². The van der Waals surface area contributed by atoms with Crippen molar-refractivity contribution in [1.29, 1.82) is 0 Å². The number of hydrogen-bond donors (Lipinski definition) is 1. The third-order valence-electron chi connectivity index (χ3n) is 3.29. The van der Waals surface area contributed by atoms with E-state index in [4.69, 9.17) is 5.73 Å². The van der Waals surface area contributed by atoms with E-state index in [0.717, 1.165) is 22.5 Å². The summed E-state index contributed by atoms with van der Waals surface area (Å²) in [5.41, 5.74) is 9.70. The fourth-order valence-electron chi connectivity index (χ4n) is 1.88. The molecule has 0 fully saturated rings. The van der Waals surface area contributed by atoms with Crippen LogP contribution in [0.3, 0.4) is 0 Å². The quantitative estimate of drug-likeness (QED) is 0.693. The van der Waals surface area contributed by atoms with Gasteiger partial charge in [-0.2, -0.15) is 0 Å².